The average molecular weight is 226 g/mol. The van der Waals surface area contributed by atoms with E-state index in [0.29, 0.717) is 16.6 Å². The van der Waals surface area contributed by atoms with E-state index < -0.39 is 5.97 Å². The second-order valence-electron chi connectivity index (χ2n) is 3.73. The van der Waals surface area contributed by atoms with E-state index in [4.69, 9.17) is 5.11 Å². The largest absolute Gasteiger partial charge is 0.477 e. The molecule has 0 aliphatic heterocycles. The predicted molar refractivity (Wildman–Crippen MR) is 59.9 cm³/mol. The van der Waals surface area contributed by atoms with Gasteiger partial charge in [0.1, 0.15) is 4.88 Å². The van der Waals surface area contributed by atoms with Crippen LogP contribution in [0.25, 0.3) is 0 Å². The van der Waals surface area contributed by atoms with Crippen LogP contribution in [-0.4, -0.2) is 28.6 Å². The van der Waals surface area contributed by atoms with Gasteiger partial charge in [-0.2, -0.15) is 0 Å². The van der Waals surface area contributed by atoms with Gasteiger partial charge in [0.2, 0.25) is 0 Å². The molecule has 4 nitrogen and oxygen atoms in total. The minimum absolute atomic E-state index is 0.365. The molecular formula is C10H14N2O2S. The summed E-state index contributed by atoms with van der Waals surface area (Å²) in [5.41, 5.74) is 0.626. The Labute approximate surface area is 92.6 Å². The van der Waals surface area contributed by atoms with Gasteiger partial charge >= 0.3 is 5.97 Å². The summed E-state index contributed by atoms with van der Waals surface area (Å²) in [7, 11) is 0. The van der Waals surface area contributed by atoms with Gasteiger partial charge in [-0.3, -0.25) is 0 Å². The molecule has 15 heavy (non-hydrogen) atoms. The van der Waals surface area contributed by atoms with Gasteiger partial charge in [-0.1, -0.05) is 11.3 Å². The Morgan fingerprint density at radius 3 is 2.73 bits per heavy atom. The fourth-order valence-corrected chi connectivity index (χ4v) is 2.68. The highest BCUT2D eigenvalue weighted by atomic mass is 32.1. The second-order valence-corrected chi connectivity index (χ2v) is 4.71. The van der Waals surface area contributed by atoms with Crippen molar-refractivity contribution >= 4 is 22.4 Å². The smallest absolute Gasteiger partial charge is 0.347 e. The lowest BCUT2D eigenvalue weighted by Crippen LogP contribution is -2.24. The van der Waals surface area contributed by atoms with Gasteiger partial charge in [0, 0.05) is 12.6 Å². The number of hydrogen-bond acceptors (Lipinski definition) is 4. The number of thiazole rings is 1. The second kappa shape index (κ2) is 3.81. The Hall–Kier alpha value is -1.10. The van der Waals surface area contributed by atoms with Crippen molar-refractivity contribution in [1.82, 2.24) is 4.98 Å². The molecule has 0 spiro atoms. The Bertz CT molecular complexity index is 385. The third-order valence-electron chi connectivity index (χ3n) is 2.55. The number of carbonyl (C=O) groups is 1. The minimum Gasteiger partial charge on any atom is -0.477 e. The highest BCUT2D eigenvalue weighted by molar-refractivity contribution is 7.17. The maximum Gasteiger partial charge on any atom is 0.347 e. The maximum absolute atomic E-state index is 10.9. The molecule has 1 fully saturated rings. The van der Waals surface area contributed by atoms with Gasteiger partial charge < -0.3 is 10.0 Å². The predicted octanol–water partition coefficient (Wildman–Crippen LogP) is 2.14. The zero-order valence-electron chi connectivity index (χ0n) is 8.86. The van der Waals surface area contributed by atoms with Crippen molar-refractivity contribution in [3.05, 3.63) is 10.6 Å². The molecule has 1 heterocycles. The quantitative estimate of drug-likeness (QED) is 0.854. The molecule has 1 aliphatic rings. The Morgan fingerprint density at radius 2 is 2.33 bits per heavy atom. The highest BCUT2D eigenvalue weighted by Gasteiger charge is 2.30. The van der Waals surface area contributed by atoms with Crippen molar-refractivity contribution in [3.63, 3.8) is 0 Å². The Kier molecular flexibility index (Phi) is 2.65. The van der Waals surface area contributed by atoms with Gasteiger partial charge in [0.25, 0.3) is 0 Å². The van der Waals surface area contributed by atoms with Crippen LogP contribution in [0.3, 0.4) is 0 Å². The molecule has 1 aromatic heterocycles. The van der Waals surface area contributed by atoms with Crippen LogP contribution in [0.5, 0.6) is 0 Å². The van der Waals surface area contributed by atoms with Crippen molar-refractivity contribution in [3.8, 4) is 0 Å². The van der Waals surface area contributed by atoms with Crippen LogP contribution in [0.1, 0.15) is 35.1 Å². The SMILES string of the molecule is CCN(c1nc(C)c(C(=O)O)s1)C1CC1. The van der Waals surface area contributed by atoms with E-state index in [1.807, 2.05) is 0 Å². The third-order valence-corrected chi connectivity index (χ3v) is 3.74. The van der Waals surface area contributed by atoms with Gasteiger partial charge in [-0.15, -0.1) is 0 Å². The molecule has 82 valence electrons. The van der Waals surface area contributed by atoms with E-state index in [1.54, 1.807) is 6.92 Å². The lowest BCUT2D eigenvalue weighted by Gasteiger charge is -2.18. The van der Waals surface area contributed by atoms with E-state index in [1.165, 1.54) is 24.2 Å². The molecule has 2 rings (SSSR count). The first-order chi connectivity index (χ1) is 7.13. The first kappa shape index (κ1) is 10.4. The first-order valence-electron chi connectivity index (χ1n) is 5.10. The maximum atomic E-state index is 10.9. The fourth-order valence-electron chi connectivity index (χ4n) is 1.64. The van der Waals surface area contributed by atoms with E-state index in [-0.39, 0.29) is 0 Å². The zero-order valence-corrected chi connectivity index (χ0v) is 9.67. The van der Waals surface area contributed by atoms with Gasteiger partial charge in [-0.25, -0.2) is 9.78 Å². The van der Waals surface area contributed by atoms with Crippen LogP contribution in [0.2, 0.25) is 0 Å². The highest BCUT2D eigenvalue weighted by Crippen LogP contribution is 2.34. The summed E-state index contributed by atoms with van der Waals surface area (Å²) in [5, 5.41) is 9.80. The summed E-state index contributed by atoms with van der Waals surface area (Å²) in [6, 6.07) is 0.585. The minimum atomic E-state index is -0.872. The van der Waals surface area contributed by atoms with Crippen LogP contribution >= 0.6 is 11.3 Å². The summed E-state index contributed by atoms with van der Waals surface area (Å²) in [5.74, 6) is -0.872. The molecule has 1 N–H and O–H groups in total. The van der Waals surface area contributed by atoms with Crippen molar-refractivity contribution in [1.29, 1.82) is 0 Å². The molecule has 1 aromatic rings. The number of rotatable bonds is 4. The molecule has 0 aromatic carbocycles. The van der Waals surface area contributed by atoms with E-state index in [0.717, 1.165) is 11.7 Å². The third kappa shape index (κ3) is 1.97. The Balaban J connectivity index is 2.27. The lowest BCUT2D eigenvalue weighted by molar-refractivity contribution is 0.0701. The van der Waals surface area contributed by atoms with E-state index in [9.17, 15) is 4.79 Å². The molecule has 0 unspecified atom stereocenters. The van der Waals surface area contributed by atoms with Gasteiger partial charge in [-0.05, 0) is 26.7 Å². The summed E-state index contributed by atoms with van der Waals surface area (Å²) in [6.07, 6.45) is 2.41. The number of carboxylic acid groups (broad SMARTS) is 1. The van der Waals surface area contributed by atoms with E-state index in [2.05, 4.69) is 16.8 Å². The van der Waals surface area contributed by atoms with Crippen molar-refractivity contribution < 1.29 is 9.90 Å². The molecule has 0 atom stereocenters. The number of aromatic carboxylic acids is 1. The normalized spacial score (nSPS) is 15.3. The van der Waals surface area contributed by atoms with Crippen molar-refractivity contribution in [2.75, 3.05) is 11.4 Å². The van der Waals surface area contributed by atoms with E-state index >= 15 is 0 Å². The fraction of sp³-hybridized carbons (Fsp3) is 0.600. The summed E-state index contributed by atoms with van der Waals surface area (Å²) in [6.45, 7) is 4.73. The summed E-state index contributed by atoms with van der Waals surface area (Å²) in [4.78, 5) is 17.8. The number of anilines is 1. The topological polar surface area (TPSA) is 53.4 Å². The number of nitrogens with zero attached hydrogens (tertiary/aromatic N) is 2. The molecule has 1 saturated carbocycles. The molecule has 0 radical (unpaired) electrons. The average Bonchev–Trinajstić information content (AvgIpc) is 2.91. The Morgan fingerprint density at radius 1 is 1.67 bits per heavy atom. The van der Waals surface area contributed by atoms with Gasteiger partial charge in [0.15, 0.2) is 5.13 Å². The first-order valence-corrected chi connectivity index (χ1v) is 5.92. The molecule has 1 aliphatic carbocycles. The molecule has 0 bridgehead atoms. The molecular weight excluding hydrogens is 212 g/mol. The number of aromatic nitrogens is 1. The standard InChI is InChI=1S/C10H14N2O2S/c1-3-12(7-4-5-7)10-11-6(2)8(15-10)9(13)14/h7H,3-5H2,1-2H3,(H,13,14). The number of hydrogen-bond donors (Lipinski definition) is 1. The lowest BCUT2D eigenvalue weighted by atomic mass is 10.4. The summed E-state index contributed by atoms with van der Waals surface area (Å²) >= 11 is 1.28. The zero-order chi connectivity index (χ0) is 11.0. The van der Waals surface area contributed by atoms with Crippen LogP contribution in [0.4, 0.5) is 5.13 Å². The number of aryl methyl sites for hydroxylation is 1. The molecule has 0 saturated heterocycles. The monoisotopic (exact) mass is 226 g/mol. The molecule has 5 heteroatoms. The van der Waals surface area contributed by atoms with Crippen molar-refractivity contribution in [2.24, 2.45) is 0 Å². The van der Waals surface area contributed by atoms with Crippen molar-refractivity contribution in [2.45, 2.75) is 32.7 Å². The van der Waals surface area contributed by atoms with Crippen LogP contribution in [0, 0.1) is 6.92 Å². The molecule has 0 amide bonds. The van der Waals surface area contributed by atoms with Crippen LogP contribution in [0.15, 0.2) is 0 Å². The van der Waals surface area contributed by atoms with Crippen LogP contribution in [-0.2, 0) is 0 Å². The summed E-state index contributed by atoms with van der Waals surface area (Å²) < 4.78 is 0. The van der Waals surface area contributed by atoms with Crippen LogP contribution < -0.4 is 4.90 Å². The van der Waals surface area contributed by atoms with Gasteiger partial charge in [0.05, 0.1) is 5.69 Å². The number of carboxylic acids is 1.